The molecule has 2 aromatic rings. The Morgan fingerprint density at radius 3 is 1.60 bits per heavy atom. The molecule has 0 saturated heterocycles. The maximum absolute atomic E-state index is 2.24. The van der Waals surface area contributed by atoms with Crippen LogP contribution < -0.4 is 0 Å². The largest absolute Gasteiger partial charge is 0.0683 e. The predicted octanol–water partition coefficient (Wildman–Crippen LogP) is 6.44. The molecule has 0 saturated carbocycles. The van der Waals surface area contributed by atoms with E-state index in [9.17, 15) is 0 Å². The molecular weight excluding hydrogens is 240 g/mol. The zero-order chi connectivity index (χ0) is 15.1. The van der Waals surface area contributed by atoms with Crippen LogP contribution >= 0.6 is 0 Å². The number of benzene rings is 2. The average molecular weight is 270 g/mol. The molecule has 0 N–H and O–H groups in total. The van der Waals surface area contributed by atoms with Gasteiger partial charge >= 0.3 is 0 Å². The van der Waals surface area contributed by atoms with Crippen molar-refractivity contribution in [3.8, 4) is 0 Å². The highest BCUT2D eigenvalue weighted by Crippen LogP contribution is 2.05. The van der Waals surface area contributed by atoms with Gasteiger partial charge < -0.3 is 0 Å². The van der Waals surface area contributed by atoms with Gasteiger partial charge in [-0.3, -0.25) is 0 Å². The molecule has 0 aliphatic heterocycles. The van der Waals surface area contributed by atoms with Crippen molar-refractivity contribution in [3.63, 3.8) is 0 Å². The van der Waals surface area contributed by atoms with E-state index < -0.39 is 0 Å². The fraction of sp³-hybridized carbons (Fsp3) is 0.400. The van der Waals surface area contributed by atoms with Gasteiger partial charge in [0, 0.05) is 0 Å². The van der Waals surface area contributed by atoms with Crippen LogP contribution in [0.15, 0.2) is 60.7 Å². The highest BCUT2D eigenvalue weighted by atomic mass is 13.9. The Kier molecular flexibility index (Phi) is 12.8. The minimum Gasteiger partial charge on any atom is -0.0683 e. The summed E-state index contributed by atoms with van der Waals surface area (Å²) in [6.45, 7) is 8.32. The summed E-state index contributed by atoms with van der Waals surface area (Å²) in [7, 11) is 0. The highest BCUT2D eigenvalue weighted by molar-refractivity contribution is 5.14. The van der Waals surface area contributed by atoms with Crippen LogP contribution in [-0.2, 0) is 6.42 Å². The molecule has 110 valence electrons. The van der Waals surface area contributed by atoms with Crippen LogP contribution in [0.4, 0.5) is 0 Å². The minimum absolute atomic E-state index is 1.24. The third-order valence-electron chi connectivity index (χ3n) is 2.85. The van der Waals surface area contributed by atoms with Crippen LogP contribution in [0.1, 0.15) is 51.2 Å². The number of unbranched alkanes of at least 4 members (excludes halogenated alkanes) is 2. The first-order chi connectivity index (χ1) is 9.83. The van der Waals surface area contributed by atoms with Gasteiger partial charge in [-0.05, 0) is 25.3 Å². The minimum atomic E-state index is 1.24. The van der Waals surface area contributed by atoms with E-state index in [4.69, 9.17) is 0 Å². The molecule has 20 heavy (non-hydrogen) atoms. The van der Waals surface area contributed by atoms with E-state index >= 15 is 0 Å². The summed E-state index contributed by atoms with van der Waals surface area (Å²) in [6, 6.07) is 21.0. The van der Waals surface area contributed by atoms with E-state index in [1.54, 1.807) is 0 Å². The molecule has 2 rings (SSSR count). The van der Waals surface area contributed by atoms with Crippen LogP contribution in [-0.4, -0.2) is 0 Å². The summed E-state index contributed by atoms with van der Waals surface area (Å²) >= 11 is 0. The van der Waals surface area contributed by atoms with Gasteiger partial charge in [0.2, 0.25) is 0 Å². The lowest BCUT2D eigenvalue weighted by molar-refractivity contribution is 0.717. The van der Waals surface area contributed by atoms with Crippen molar-refractivity contribution in [2.24, 2.45) is 0 Å². The standard InChI is InChI=1S/C11H16.C7H8.C2H6/c1-2-3-5-8-11-9-6-4-7-10-11;1-7-5-3-2-4-6-7;1-2/h4,6-7,9-10H,2-3,5,8H2,1H3;2-6H,1H3;1-2H3. The average Bonchev–Trinajstić information content (AvgIpc) is 2.52. The summed E-state index contributed by atoms with van der Waals surface area (Å²) in [5, 5.41) is 0. The molecule has 0 heterocycles. The quantitative estimate of drug-likeness (QED) is 0.561. The van der Waals surface area contributed by atoms with Crippen molar-refractivity contribution in [3.05, 3.63) is 71.8 Å². The molecule has 0 unspecified atom stereocenters. The predicted molar refractivity (Wildman–Crippen MR) is 92.2 cm³/mol. The summed E-state index contributed by atoms with van der Waals surface area (Å²) in [5.41, 5.74) is 2.79. The first-order valence-corrected chi connectivity index (χ1v) is 7.88. The van der Waals surface area contributed by atoms with Crippen LogP contribution in [0.5, 0.6) is 0 Å². The van der Waals surface area contributed by atoms with Crippen LogP contribution in [0.3, 0.4) is 0 Å². The van der Waals surface area contributed by atoms with E-state index in [-0.39, 0.29) is 0 Å². The lowest BCUT2D eigenvalue weighted by Gasteiger charge is -1.98. The van der Waals surface area contributed by atoms with Gasteiger partial charge in [0.15, 0.2) is 0 Å². The summed E-state index contributed by atoms with van der Waals surface area (Å²) in [6.07, 6.45) is 5.25. The van der Waals surface area contributed by atoms with Gasteiger partial charge in [0.25, 0.3) is 0 Å². The van der Waals surface area contributed by atoms with Crippen LogP contribution in [0.2, 0.25) is 0 Å². The molecule has 0 radical (unpaired) electrons. The number of rotatable bonds is 4. The van der Waals surface area contributed by atoms with Gasteiger partial charge in [0.05, 0.1) is 0 Å². The zero-order valence-corrected chi connectivity index (χ0v) is 13.6. The monoisotopic (exact) mass is 270 g/mol. The van der Waals surface area contributed by atoms with E-state index in [0.717, 1.165) is 0 Å². The fourth-order valence-corrected chi connectivity index (χ4v) is 1.76. The molecule has 0 nitrogen and oxygen atoms in total. The Morgan fingerprint density at radius 2 is 1.20 bits per heavy atom. The molecule has 0 aromatic heterocycles. The lowest BCUT2D eigenvalue weighted by atomic mass is 10.1. The smallest absolute Gasteiger partial charge is 0.0279 e. The molecule has 0 heteroatoms. The van der Waals surface area contributed by atoms with Crippen molar-refractivity contribution in [2.45, 2.75) is 53.4 Å². The highest BCUT2D eigenvalue weighted by Gasteiger charge is 1.89. The second-order valence-electron chi connectivity index (χ2n) is 4.60. The third-order valence-corrected chi connectivity index (χ3v) is 2.85. The number of hydrogen-bond acceptors (Lipinski definition) is 0. The lowest BCUT2D eigenvalue weighted by Crippen LogP contribution is -1.83. The van der Waals surface area contributed by atoms with E-state index in [0.29, 0.717) is 0 Å². The SMILES string of the molecule is CC.CCCCCc1ccccc1.Cc1ccccc1. The number of hydrogen-bond donors (Lipinski definition) is 0. The molecular formula is C20H30. The summed E-state index contributed by atoms with van der Waals surface area (Å²) in [4.78, 5) is 0. The molecule has 0 spiro atoms. The van der Waals surface area contributed by atoms with Gasteiger partial charge in [-0.2, -0.15) is 0 Å². The van der Waals surface area contributed by atoms with Gasteiger partial charge in [-0.1, -0.05) is 99.8 Å². The van der Waals surface area contributed by atoms with E-state index in [1.165, 1.54) is 36.8 Å². The second-order valence-corrected chi connectivity index (χ2v) is 4.60. The van der Waals surface area contributed by atoms with Gasteiger partial charge in [-0.25, -0.2) is 0 Å². The maximum Gasteiger partial charge on any atom is -0.0279 e. The fourth-order valence-electron chi connectivity index (χ4n) is 1.76. The van der Waals surface area contributed by atoms with E-state index in [1.807, 2.05) is 32.0 Å². The molecule has 0 fully saturated rings. The summed E-state index contributed by atoms with van der Waals surface area (Å²) in [5.74, 6) is 0. The van der Waals surface area contributed by atoms with Crippen LogP contribution in [0.25, 0.3) is 0 Å². The van der Waals surface area contributed by atoms with Crippen molar-refractivity contribution < 1.29 is 0 Å². The molecule has 0 bridgehead atoms. The van der Waals surface area contributed by atoms with Crippen molar-refractivity contribution in [2.75, 3.05) is 0 Å². The molecule has 0 amide bonds. The molecule has 0 aliphatic carbocycles. The van der Waals surface area contributed by atoms with Crippen molar-refractivity contribution in [1.82, 2.24) is 0 Å². The second kappa shape index (κ2) is 13.9. The Hall–Kier alpha value is -1.56. The van der Waals surface area contributed by atoms with Crippen LogP contribution in [0, 0.1) is 6.92 Å². The van der Waals surface area contributed by atoms with E-state index in [2.05, 4.69) is 56.3 Å². The van der Waals surface area contributed by atoms with Crippen molar-refractivity contribution >= 4 is 0 Å². The zero-order valence-electron chi connectivity index (χ0n) is 13.6. The Morgan fingerprint density at radius 1 is 0.700 bits per heavy atom. The number of aryl methyl sites for hydroxylation is 2. The summed E-state index contributed by atoms with van der Waals surface area (Å²) < 4.78 is 0. The van der Waals surface area contributed by atoms with Gasteiger partial charge in [-0.15, -0.1) is 0 Å². The first kappa shape index (κ1) is 18.4. The Labute approximate surface area is 125 Å². The molecule has 0 atom stereocenters. The Balaban J connectivity index is 0.000000345. The molecule has 0 aliphatic rings. The normalized spacial score (nSPS) is 8.80. The molecule has 2 aromatic carbocycles. The van der Waals surface area contributed by atoms with Crippen molar-refractivity contribution in [1.29, 1.82) is 0 Å². The van der Waals surface area contributed by atoms with Gasteiger partial charge in [0.1, 0.15) is 0 Å². The maximum atomic E-state index is 2.24. The third kappa shape index (κ3) is 10.4. The first-order valence-electron chi connectivity index (χ1n) is 7.88. The topological polar surface area (TPSA) is 0 Å². The Bertz CT molecular complexity index is 389.